The maximum Gasteiger partial charge on any atom is 0.0786 e. The van der Waals surface area contributed by atoms with Crippen molar-refractivity contribution in [3.63, 3.8) is 0 Å². The molecule has 60 valence electrons. The molecule has 1 aromatic carbocycles. The Bertz CT molecular complexity index is 275. The van der Waals surface area contributed by atoms with Gasteiger partial charge in [-0.25, -0.2) is 0 Å². The first-order valence-electron chi connectivity index (χ1n) is 2.94. The fourth-order valence-corrected chi connectivity index (χ4v) is 1.80. The molecular weight excluding hydrogens is 201 g/mol. The van der Waals surface area contributed by atoms with E-state index in [4.69, 9.17) is 28.9 Å². The Morgan fingerprint density at radius 3 is 2.55 bits per heavy atom. The maximum atomic E-state index is 5.87. The van der Waals surface area contributed by atoms with Crippen molar-refractivity contribution in [3.8, 4) is 0 Å². The molecule has 1 nitrogen and oxygen atoms in total. The van der Waals surface area contributed by atoms with E-state index in [1.807, 2.05) is 12.3 Å². The summed E-state index contributed by atoms with van der Waals surface area (Å²) in [5.74, 6) is 0. The molecule has 0 aliphatic rings. The highest BCUT2D eigenvalue weighted by atomic mass is 35.5. The van der Waals surface area contributed by atoms with Crippen molar-refractivity contribution >= 4 is 40.7 Å². The molecule has 0 atom stereocenters. The average molecular weight is 208 g/mol. The number of hydrogen-bond donors (Lipinski definition) is 1. The van der Waals surface area contributed by atoms with E-state index in [1.54, 1.807) is 17.8 Å². The van der Waals surface area contributed by atoms with Crippen LogP contribution in [-0.2, 0) is 0 Å². The van der Waals surface area contributed by atoms with E-state index in [9.17, 15) is 0 Å². The van der Waals surface area contributed by atoms with Crippen LogP contribution in [0.15, 0.2) is 17.0 Å². The van der Waals surface area contributed by atoms with Crippen molar-refractivity contribution in [2.45, 2.75) is 4.90 Å². The zero-order chi connectivity index (χ0) is 8.43. The van der Waals surface area contributed by atoms with Gasteiger partial charge < -0.3 is 5.73 Å². The number of benzene rings is 1. The van der Waals surface area contributed by atoms with Gasteiger partial charge in [0.1, 0.15) is 0 Å². The molecule has 0 saturated carbocycles. The predicted octanol–water partition coefficient (Wildman–Crippen LogP) is 3.30. The number of thioether (sulfide) groups is 1. The van der Waals surface area contributed by atoms with Gasteiger partial charge in [0.2, 0.25) is 0 Å². The second-order valence-electron chi connectivity index (χ2n) is 1.98. The molecule has 0 radical (unpaired) electrons. The molecule has 0 heterocycles. The number of rotatable bonds is 1. The zero-order valence-corrected chi connectivity index (χ0v) is 8.22. The van der Waals surface area contributed by atoms with Crippen LogP contribution in [0.4, 0.5) is 5.69 Å². The molecule has 0 amide bonds. The molecule has 1 aromatic rings. The maximum absolute atomic E-state index is 5.87. The summed E-state index contributed by atoms with van der Waals surface area (Å²) in [5.41, 5.74) is 6.04. The van der Waals surface area contributed by atoms with Gasteiger partial charge >= 0.3 is 0 Å². The summed E-state index contributed by atoms with van der Waals surface area (Å²) in [6, 6.07) is 3.60. The van der Waals surface area contributed by atoms with Gasteiger partial charge in [0.05, 0.1) is 15.7 Å². The van der Waals surface area contributed by atoms with Crippen molar-refractivity contribution < 1.29 is 0 Å². The van der Waals surface area contributed by atoms with Gasteiger partial charge in [-0.05, 0) is 18.4 Å². The Morgan fingerprint density at radius 1 is 1.36 bits per heavy atom. The highest BCUT2D eigenvalue weighted by Gasteiger charge is 2.05. The van der Waals surface area contributed by atoms with Crippen LogP contribution in [0.1, 0.15) is 0 Å². The summed E-state index contributed by atoms with van der Waals surface area (Å²) in [6.45, 7) is 0. The third kappa shape index (κ3) is 1.75. The molecule has 11 heavy (non-hydrogen) atoms. The lowest BCUT2D eigenvalue weighted by Gasteiger charge is -2.04. The third-order valence-corrected chi connectivity index (χ3v) is 2.94. The minimum atomic E-state index is 0.459. The van der Waals surface area contributed by atoms with Crippen LogP contribution >= 0.6 is 35.0 Å². The van der Waals surface area contributed by atoms with Crippen LogP contribution in [0, 0.1) is 0 Å². The fourth-order valence-electron chi connectivity index (χ4n) is 0.707. The summed E-state index contributed by atoms with van der Waals surface area (Å²) in [7, 11) is 0. The molecule has 0 unspecified atom stereocenters. The predicted molar refractivity (Wildman–Crippen MR) is 52.7 cm³/mol. The van der Waals surface area contributed by atoms with Gasteiger partial charge in [-0.15, -0.1) is 11.8 Å². The van der Waals surface area contributed by atoms with Crippen LogP contribution in [0.25, 0.3) is 0 Å². The van der Waals surface area contributed by atoms with Gasteiger partial charge in [-0.2, -0.15) is 0 Å². The lowest BCUT2D eigenvalue weighted by atomic mass is 10.3. The molecule has 0 bridgehead atoms. The Hall–Kier alpha value is -0.0500. The second-order valence-corrected chi connectivity index (χ2v) is 3.61. The van der Waals surface area contributed by atoms with E-state index in [-0.39, 0.29) is 0 Å². The second kappa shape index (κ2) is 3.57. The lowest BCUT2D eigenvalue weighted by molar-refractivity contribution is 1.47. The first-order chi connectivity index (χ1) is 5.16. The number of anilines is 1. The van der Waals surface area contributed by atoms with E-state index in [0.717, 1.165) is 4.90 Å². The highest BCUT2D eigenvalue weighted by Crippen LogP contribution is 2.34. The molecule has 4 heteroatoms. The summed E-state index contributed by atoms with van der Waals surface area (Å²) in [5, 5.41) is 1.05. The van der Waals surface area contributed by atoms with E-state index >= 15 is 0 Å². The van der Waals surface area contributed by atoms with Crippen LogP contribution in [0.3, 0.4) is 0 Å². The quantitative estimate of drug-likeness (QED) is 0.566. The molecule has 2 N–H and O–H groups in total. The fraction of sp³-hybridized carbons (Fsp3) is 0.143. The summed E-state index contributed by atoms with van der Waals surface area (Å²) < 4.78 is 0. The molecule has 0 aliphatic carbocycles. The Balaban J connectivity index is 3.25. The van der Waals surface area contributed by atoms with E-state index in [0.29, 0.717) is 15.7 Å². The van der Waals surface area contributed by atoms with E-state index in [1.165, 1.54) is 0 Å². The zero-order valence-electron chi connectivity index (χ0n) is 5.90. The Kier molecular flexibility index (Phi) is 2.93. The monoisotopic (exact) mass is 207 g/mol. The third-order valence-electron chi connectivity index (χ3n) is 1.31. The number of nitrogens with two attached hydrogens (primary N) is 1. The summed E-state index contributed by atoms with van der Waals surface area (Å²) in [6.07, 6.45) is 1.94. The smallest absolute Gasteiger partial charge is 0.0786 e. The topological polar surface area (TPSA) is 26.0 Å². The Labute approximate surface area is 79.9 Å². The first-order valence-corrected chi connectivity index (χ1v) is 4.92. The van der Waals surface area contributed by atoms with Crippen molar-refractivity contribution in [2.75, 3.05) is 12.0 Å². The molecule has 0 aliphatic heterocycles. The standard InChI is InChI=1S/C7H7Cl2NS/c1-11-5-3-2-4(8)7(10)6(5)9/h2-3H,10H2,1H3. The molecular formula is C7H7Cl2NS. The van der Waals surface area contributed by atoms with Gasteiger partial charge in [-0.3, -0.25) is 0 Å². The molecule has 0 fully saturated rings. The summed E-state index contributed by atoms with van der Waals surface area (Å²) >= 11 is 13.1. The normalized spacial score (nSPS) is 10.1. The Morgan fingerprint density at radius 2 is 2.00 bits per heavy atom. The van der Waals surface area contributed by atoms with Gasteiger partial charge in [0.25, 0.3) is 0 Å². The molecule has 0 saturated heterocycles. The van der Waals surface area contributed by atoms with Crippen molar-refractivity contribution in [3.05, 3.63) is 22.2 Å². The molecule has 1 rings (SSSR count). The lowest BCUT2D eigenvalue weighted by Crippen LogP contribution is -1.88. The van der Waals surface area contributed by atoms with Gasteiger partial charge in [0, 0.05) is 4.90 Å². The van der Waals surface area contributed by atoms with Crippen LogP contribution in [0.2, 0.25) is 10.0 Å². The SMILES string of the molecule is CSc1ccc(Cl)c(N)c1Cl. The van der Waals surface area contributed by atoms with Crippen molar-refractivity contribution in [1.29, 1.82) is 0 Å². The highest BCUT2D eigenvalue weighted by molar-refractivity contribution is 7.98. The van der Waals surface area contributed by atoms with Gasteiger partial charge in [0.15, 0.2) is 0 Å². The van der Waals surface area contributed by atoms with Gasteiger partial charge in [-0.1, -0.05) is 23.2 Å². The number of halogens is 2. The van der Waals surface area contributed by atoms with Crippen molar-refractivity contribution in [2.24, 2.45) is 0 Å². The van der Waals surface area contributed by atoms with Crippen LogP contribution < -0.4 is 5.73 Å². The van der Waals surface area contributed by atoms with E-state index in [2.05, 4.69) is 0 Å². The minimum absolute atomic E-state index is 0.459. The van der Waals surface area contributed by atoms with Crippen LogP contribution in [-0.4, -0.2) is 6.26 Å². The average Bonchev–Trinajstić information content (AvgIpc) is 2.01. The number of hydrogen-bond acceptors (Lipinski definition) is 2. The molecule has 0 aromatic heterocycles. The van der Waals surface area contributed by atoms with Crippen LogP contribution in [0.5, 0.6) is 0 Å². The minimum Gasteiger partial charge on any atom is -0.396 e. The molecule has 0 spiro atoms. The van der Waals surface area contributed by atoms with E-state index < -0.39 is 0 Å². The first kappa shape index (κ1) is 9.04. The number of nitrogen functional groups attached to an aromatic ring is 1. The van der Waals surface area contributed by atoms with Crippen molar-refractivity contribution in [1.82, 2.24) is 0 Å². The largest absolute Gasteiger partial charge is 0.396 e. The summed E-state index contributed by atoms with van der Waals surface area (Å²) in [4.78, 5) is 0.952.